The molecule has 1 aromatic heterocycles. The van der Waals surface area contributed by atoms with Crippen LogP contribution in [0.2, 0.25) is 0 Å². The molecule has 0 spiro atoms. The number of hydrogen-bond acceptors (Lipinski definition) is 7. The van der Waals surface area contributed by atoms with Gasteiger partial charge in [0.1, 0.15) is 6.54 Å². The lowest BCUT2D eigenvalue weighted by Crippen LogP contribution is -2.47. The van der Waals surface area contributed by atoms with Crippen molar-refractivity contribution in [3.63, 3.8) is 0 Å². The van der Waals surface area contributed by atoms with Gasteiger partial charge in [-0.05, 0) is 24.5 Å². The zero-order chi connectivity index (χ0) is 25.5. The summed E-state index contributed by atoms with van der Waals surface area (Å²) in [5.41, 5.74) is 1.33. The SMILES string of the molecule is COc1cc2ncn(CC(=O)NCC(=O)NC3CCN(Cc4ccccc4)CC3)c(=O)c2cc1OC. The van der Waals surface area contributed by atoms with Crippen molar-refractivity contribution in [2.75, 3.05) is 33.9 Å². The third-order valence-corrected chi connectivity index (χ3v) is 6.29. The van der Waals surface area contributed by atoms with Gasteiger partial charge in [0.2, 0.25) is 11.8 Å². The largest absolute Gasteiger partial charge is 0.493 e. The molecule has 36 heavy (non-hydrogen) atoms. The molecule has 1 aliphatic rings. The number of nitrogens with one attached hydrogen (secondary N) is 2. The Kier molecular flexibility index (Phi) is 8.17. The molecule has 0 unspecified atom stereocenters. The van der Waals surface area contributed by atoms with Gasteiger partial charge in [-0.25, -0.2) is 4.98 Å². The van der Waals surface area contributed by atoms with Crippen LogP contribution in [0.4, 0.5) is 0 Å². The zero-order valence-electron chi connectivity index (χ0n) is 20.5. The van der Waals surface area contributed by atoms with E-state index in [0.717, 1.165) is 32.5 Å². The van der Waals surface area contributed by atoms with Crippen LogP contribution in [0.15, 0.2) is 53.6 Å². The molecular formula is C26H31N5O5. The van der Waals surface area contributed by atoms with Gasteiger partial charge >= 0.3 is 0 Å². The maximum atomic E-state index is 12.8. The minimum Gasteiger partial charge on any atom is -0.493 e. The van der Waals surface area contributed by atoms with Crippen molar-refractivity contribution in [3.05, 3.63) is 64.7 Å². The first-order valence-electron chi connectivity index (χ1n) is 11.9. The number of likely N-dealkylation sites (tertiary alicyclic amines) is 1. The first kappa shape index (κ1) is 25.2. The average Bonchev–Trinajstić information content (AvgIpc) is 2.90. The van der Waals surface area contributed by atoms with Crippen molar-refractivity contribution in [1.82, 2.24) is 25.1 Å². The number of benzene rings is 2. The van der Waals surface area contributed by atoms with Crippen molar-refractivity contribution < 1.29 is 19.1 Å². The smallest absolute Gasteiger partial charge is 0.261 e. The number of nitrogens with zero attached hydrogens (tertiary/aromatic N) is 3. The molecule has 2 heterocycles. The summed E-state index contributed by atoms with van der Waals surface area (Å²) in [6.45, 7) is 2.31. The summed E-state index contributed by atoms with van der Waals surface area (Å²) >= 11 is 0. The Bertz CT molecular complexity index is 1270. The summed E-state index contributed by atoms with van der Waals surface area (Å²) in [5.74, 6) is 0.158. The molecule has 1 fully saturated rings. The summed E-state index contributed by atoms with van der Waals surface area (Å²) in [5, 5.41) is 5.88. The van der Waals surface area contributed by atoms with E-state index in [0.29, 0.717) is 22.4 Å². The van der Waals surface area contributed by atoms with E-state index in [2.05, 4.69) is 32.7 Å². The molecule has 4 rings (SSSR count). The van der Waals surface area contributed by atoms with Crippen LogP contribution in [0.5, 0.6) is 11.5 Å². The monoisotopic (exact) mass is 493 g/mol. The van der Waals surface area contributed by atoms with Crippen molar-refractivity contribution in [2.24, 2.45) is 0 Å². The minimum absolute atomic E-state index is 0.0840. The second-order valence-corrected chi connectivity index (χ2v) is 8.78. The molecule has 0 atom stereocenters. The third kappa shape index (κ3) is 6.19. The van der Waals surface area contributed by atoms with E-state index in [4.69, 9.17) is 9.47 Å². The maximum absolute atomic E-state index is 12.8. The van der Waals surface area contributed by atoms with Crippen molar-refractivity contribution in [1.29, 1.82) is 0 Å². The summed E-state index contributed by atoms with van der Waals surface area (Å²) in [6, 6.07) is 13.6. The highest BCUT2D eigenvalue weighted by atomic mass is 16.5. The van der Waals surface area contributed by atoms with Crippen LogP contribution in [-0.4, -0.2) is 66.2 Å². The van der Waals surface area contributed by atoms with Gasteiger partial charge in [0.25, 0.3) is 5.56 Å². The van der Waals surface area contributed by atoms with Crippen LogP contribution in [-0.2, 0) is 22.7 Å². The molecule has 1 aliphatic heterocycles. The minimum atomic E-state index is -0.452. The predicted molar refractivity (Wildman–Crippen MR) is 135 cm³/mol. The average molecular weight is 494 g/mol. The number of hydrogen-bond donors (Lipinski definition) is 2. The van der Waals surface area contributed by atoms with E-state index in [1.54, 1.807) is 6.07 Å². The molecule has 2 aromatic carbocycles. The number of fused-ring (bicyclic) bond motifs is 1. The van der Waals surface area contributed by atoms with Crippen LogP contribution in [0.3, 0.4) is 0 Å². The Morgan fingerprint density at radius 1 is 1.03 bits per heavy atom. The topological polar surface area (TPSA) is 115 Å². The Hall–Kier alpha value is -3.92. The summed E-state index contributed by atoms with van der Waals surface area (Å²) in [4.78, 5) is 44.2. The van der Waals surface area contributed by atoms with E-state index >= 15 is 0 Å². The molecule has 2 amide bonds. The van der Waals surface area contributed by atoms with Gasteiger partial charge < -0.3 is 20.1 Å². The standard InChI is InChI=1S/C26H31N5O5/c1-35-22-12-20-21(13-23(22)36-2)28-17-31(26(20)34)16-25(33)27-14-24(32)29-19-8-10-30(11-9-19)15-18-6-4-3-5-7-18/h3-7,12-13,17,19H,8-11,14-16H2,1-2H3,(H,27,33)(H,29,32). The second kappa shape index (κ2) is 11.7. The molecule has 10 heteroatoms. The van der Waals surface area contributed by atoms with Crippen molar-refractivity contribution in [3.8, 4) is 11.5 Å². The van der Waals surface area contributed by atoms with Crippen LogP contribution in [0.25, 0.3) is 10.9 Å². The number of rotatable bonds is 9. The fourth-order valence-corrected chi connectivity index (χ4v) is 4.34. The van der Waals surface area contributed by atoms with Gasteiger partial charge in [-0.15, -0.1) is 0 Å². The van der Waals surface area contributed by atoms with Gasteiger partial charge in [0.05, 0.1) is 38.0 Å². The summed E-state index contributed by atoms with van der Waals surface area (Å²) in [7, 11) is 2.98. The van der Waals surface area contributed by atoms with Crippen molar-refractivity contribution >= 4 is 22.7 Å². The van der Waals surface area contributed by atoms with E-state index in [-0.39, 0.29) is 30.6 Å². The molecule has 2 N–H and O–H groups in total. The van der Waals surface area contributed by atoms with Gasteiger partial charge in [0, 0.05) is 31.7 Å². The second-order valence-electron chi connectivity index (χ2n) is 8.78. The molecule has 10 nitrogen and oxygen atoms in total. The quantitative estimate of drug-likeness (QED) is 0.462. The molecule has 190 valence electrons. The third-order valence-electron chi connectivity index (χ3n) is 6.29. The Labute approximate surface area is 209 Å². The van der Waals surface area contributed by atoms with Crippen LogP contribution < -0.4 is 25.7 Å². The molecular weight excluding hydrogens is 462 g/mol. The molecule has 1 saturated heterocycles. The highest BCUT2D eigenvalue weighted by Gasteiger charge is 2.21. The number of aromatic nitrogens is 2. The van der Waals surface area contributed by atoms with Gasteiger partial charge in [-0.3, -0.25) is 23.9 Å². The molecule has 0 radical (unpaired) electrons. The number of piperidine rings is 1. The van der Waals surface area contributed by atoms with E-state index in [9.17, 15) is 14.4 Å². The fraction of sp³-hybridized carbons (Fsp3) is 0.385. The number of amides is 2. The first-order chi connectivity index (χ1) is 17.5. The summed E-state index contributed by atoms with van der Waals surface area (Å²) in [6.07, 6.45) is 3.03. The lowest BCUT2D eigenvalue weighted by molar-refractivity contribution is -0.127. The highest BCUT2D eigenvalue weighted by Crippen LogP contribution is 2.29. The predicted octanol–water partition coefficient (Wildman–Crippen LogP) is 1.31. The molecule has 0 saturated carbocycles. The Morgan fingerprint density at radius 3 is 2.42 bits per heavy atom. The van der Waals surface area contributed by atoms with Gasteiger partial charge in [-0.1, -0.05) is 30.3 Å². The fourth-order valence-electron chi connectivity index (χ4n) is 4.34. The van der Waals surface area contributed by atoms with Gasteiger partial charge in [0.15, 0.2) is 11.5 Å². The zero-order valence-corrected chi connectivity index (χ0v) is 20.5. The van der Waals surface area contributed by atoms with E-state index < -0.39 is 5.91 Å². The molecule has 3 aromatic rings. The van der Waals surface area contributed by atoms with Crippen LogP contribution in [0.1, 0.15) is 18.4 Å². The normalized spacial score (nSPS) is 14.4. The lowest BCUT2D eigenvalue weighted by atomic mass is 10.0. The van der Waals surface area contributed by atoms with Gasteiger partial charge in [-0.2, -0.15) is 0 Å². The van der Waals surface area contributed by atoms with Crippen LogP contribution in [0, 0.1) is 0 Å². The number of ether oxygens (including phenoxy) is 2. The van der Waals surface area contributed by atoms with E-state index in [1.807, 2.05) is 18.2 Å². The Balaban J connectivity index is 1.25. The Morgan fingerprint density at radius 2 is 1.72 bits per heavy atom. The van der Waals surface area contributed by atoms with Crippen molar-refractivity contribution in [2.45, 2.75) is 32.0 Å². The van der Waals surface area contributed by atoms with Crippen LogP contribution >= 0.6 is 0 Å². The molecule has 0 aliphatic carbocycles. The van der Waals surface area contributed by atoms with E-state index in [1.165, 1.54) is 36.7 Å². The summed E-state index contributed by atoms with van der Waals surface area (Å²) < 4.78 is 11.7. The number of methoxy groups -OCH3 is 2. The highest BCUT2D eigenvalue weighted by molar-refractivity contribution is 5.85. The first-order valence-corrected chi connectivity index (χ1v) is 11.9. The maximum Gasteiger partial charge on any atom is 0.261 e. The lowest BCUT2D eigenvalue weighted by Gasteiger charge is -2.32. The number of carbonyl (C=O) groups excluding carboxylic acids is 2. The number of carbonyl (C=O) groups is 2. The molecule has 0 bridgehead atoms.